The molecule has 0 aliphatic rings. The number of pyridine rings is 1. The normalized spacial score (nSPS) is 9.75. The monoisotopic (exact) mass is 230 g/mol. The number of nitrogens with one attached hydrogen (secondary N) is 1. The molecule has 2 aromatic rings. The van der Waals surface area contributed by atoms with Gasteiger partial charge in [0.1, 0.15) is 6.07 Å². The molecule has 4 heteroatoms. The standard InChI is InChI=1S/C12H7ClN2O/c13-11-3-1-8(5-10(11)6-14)9-2-4-12(16)15-7-9/h1-5,7H,(H,15,16). The smallest absolute Gasteiger partial charge is 0.247 e. The van der Waals surface area contributed by atoms with Crippen LogP contribution >= 0.6 is 11.6 Å². The van der Waals surface area contributed by atoms with Gasteiger partial charge in [0, 0.05) is 12.3 Å². The summed E-state index contributed by atoms with van der Waals surface area (Å²) in [5.74, 6) is 0. The van der Waals surface area contributed by atoms with Crippen molar-refractivity contribution in [2.24, 2.45) is 0 Å². The average Bonchev–Trinajstić information content (AvgIpc) is 2.31. The van der Waals surface area contributed by atoms with Gasteiger partial charge in [-0.1, -0.05) is 17.7 Å². The van der Waals surface area contributed by atoms with E-state index in [2.05, 4.69) is 4.98 Å². The van der Waals surface area contributed by atoms with Crippen molar-refractivity contribution in [1.82, 2.24) is 4.98 Å². The maximum Gasteiger partial charge on any atom is 0.247 e. The van der Waals surface area contributed by atoms with E-state index < -0.39 is 0 Å². The summed E-state index contributed by atoms with van der Waals surface area (Å²) in [6, 6.07) is 10.3. The lowest BCUT2D eigenvalue weighted by Gasteiger charge is -2.02. The highest BCUT2D eigenvalue weighted by Gasteiger charge is 2.03. The number of aromatic amines is 1. The summed E-state index contributed by atoms with van der Waals surface area (Å²) < 4.78 is 0. The molecule has 16 heavy (non-hydrogen) atoms. The van der Waals surface area contributed by atoms with Crippen LogP contribution in [0.4, 0.5) is 0 Å². The molecule has 1 N–H and O–H groups in total. The Morgan fingerprint density at radius 3 is 2.56 bits per heavy atom. The van der Waals surface area contributed by atoms with E-state index in [4.69, 9.17) is 16.9 Å². The van der Waals surface area contributed by atoms with Crippen LogP contribution in [0.25, 0.3) is 11.1 Å². The number of halogens is 1. The van der Waals surface area contributed by atoms with Gasteiger partial charge >= 0.3 is 0 Å². The van der Waals surface area contributed by atoms with Gasteiger partial charge in [-0.2, -0.15) is 5.26 Å². The molecular formula is C12H7ClN2O. The van der Waals surface area contributed by atoms with Crippen LogP contribution in [0.2, 0.25) is 5.02 Å². The van der Waals surface area contributed by atoms with Crippen LogP contribution in [0, 0.1) is 11.3 Å². The minimum absolute atomic E-state index is 0.154. The van der Waals surface area contributed by atoms with Gasteiger partial charge in [0.15, 0.2) is 0 Å². The van der Waals surface area contributed by atoms with Crippen molar-refractivity contribution in [3.63, 3.8) is 0 Å². The molecule has 0 radical (unpaired) electrons. The fourth-order valence-electron chi connectivity index (χ4n) is 1.38. The van der Waals surface area contributed by atoms with Crippen molar-refractivity contribution < 1.29 is 0 Å². The van der Waals surface area contributed by atoms with E-state index in [1.807, 2.05) is 6.07 Å². The number of H-pyrrole nitrogens is 1. The molecule has 0 bridgehead atoms. The van der Waals surface area contributed by atoms with Crippen molar-refractivity contribution in [1.29, 1.82) is 5.26 Å². The van der Waals surface area contributed by atoms with Crippen LogP contribution in [0.1, 0.15) is 5.56 Å². The molecule has 1 aromatic carbocycles. The topological polar surface area (TPSA) is 56.6 Å². The molecule has 0 amide bonds. The molecule has 0 unspecified atom stereocenters. The van der Waals surface area contributed by atoms with Crippen LogP contribution in [-0.2, 0) is 0 Å². The maximum absolute atomic E-state index is 10.9. The van der Waals surface area contributed by atoms with Crippen LogP contribution in [0.15, 0.2) is 41.3 Å². The molecule has 0 fully saturated rings. The first-order chi connectivity index (χ1) is 7.70. The van der Waals surface area contributed by atoms with Gasteiger partial charge in [-0.25, -0.2) is 0 Å². The predicted octanol–water partition coefficient (Wildman–Crippen LogP) is 2.57. The summed E-state index contributed by atoms with van der Waals surface area (Å²) in [4.78, 5) is 13.5. The van der Waals surface area contributed by atoms with Gasteiger partial charge in [-0.3, -0.25) is 4.79 Å². The van der Waals surface area contributed by atoms with Crippen LogP contribution < -0.4 is 5.56 Å². The first-order valence-electron chi connectivity index (χ1n) is 4.59. The van der Waals surface area contributed by atoms with Gasteiger partial charge in [-0.15, -0.1) is 0 Å². The molecule has 0 atom stereocenters. The SMILES string of the molecule is N#Cc1cc(-c2ccc(=O)[nH]c2)ccc1Cl. The quantitative estimate of drug-likeness (QED) is 0.819. The first-order valence-corrected chi connectivity index (χ1v) is 4.97. The summed E-state index contributed by atoms with van der Waals surface area (Å²) in [6.45, 7) is 0. The first kappa shape index (κ1) is 10.5. The van der Waals surface area contributed by atoms with Gasteiger partial charge in [0.25, 0.3) is 0 Å². The van der Waals surface area contributed by atoms with E-state index in [1.165, 1.54) is 6.07 Å². The van der Waals surface area contributed by atoms with Crippen molar-refractivity contribution in [2.45, 2.75) is 0 Å². The Labute approximate surface area is 96.9 Å². The summed E-state index contributed by atoms with van der Waals surface area (Å²) >= 11 is 5.83. The number of hydrogen-bond acceptors (Lipinski definition) is 2. The number of hydrogen-bond donors (Lipinski definition) is 1. The molecule has 1 heterocycles. The number of nitrogens with zero attached hydrogens (tertiary/aromatic N) is 1. The molecule has 0 aliphatic carbocycles. The number of aromatic nitrogens is 1. The van der Waals surface area contributed by atoms with Gasteiger partial charge in [-0.05, 0) is 29.3 Å². The fraction of sp³-hybridized carbons (Fsp3) is 0. The second-order valence-electron chi connectivity index (χ2n) is 3.25. The summed E-state index contributed by atoms with van der Waals surface area (Å²) in [6.07, 6.45) is 1.60. The van der Waals surface area contributed by atoms with E-state index in [1.54, 1.807) is 30.5 Å². The summed E-state index contributed by atoms with van der Waals surface area (Å²) in [7, 11) is 0. The zero-order chi connectivity index (χ0) is 11.5. The third-order valence-corrected chi connectivity index (χ3v) is 2.53. The largest absolute Gasteiger partial charge is 0.328 e. The Balaban J connectivity index is 2.53. The number of rotatable bonds is 1. The number of nitriles is 1. The fourth-order valence-corrected chi connectivity index (χ4v) is 1.54. The lowest BCUT2D eigenvalue weighted by molar-refractivity contribution is 1.24. The molecule has 0 saturated carbocycles. The highest BCUT2D eigenvalue weighted by molar-refractivity contribution is 6.31. The van der Waals surface area contributed by atoms with Crippen LogP contribution in [-0.4, -0.2) is 4.98 Å². The lowest BCUT2D eigenvalue weighted by Crippen LogP contribution is -2.01. The Hall–Kier alpha value is -2.05. The molecule has 0 spiro atoms. The molecule has 0 saturated heterocycles. The highest BCUT2D eigenvalue weighted by atomic mass is 35.5. The maximum atomic E-state index is 10.9. The van der Waals surface area contributed by atoms with E-state index in [-0.39, 0.29) is 5.56 Å². The van der Waals surface area contributed by atoms with Crippen molar-refractivity contribution in [3.8, 4) is 17.2 Å². The summed E-state index contributed by atoms with van der Waals surface area (Å²) in [5, 5.41) is 9.27. The lowest BCUT2D eigenvalue weighted by atomic mass is 10.1. The number of benzene rings is 1. The average molecular weight is 231 g/mol. The minimum atomic E-state index is -0.154. The highest BCUT2D eigenvalue weighted by Crippen LogP contribution is 2.23. The van der Waals surface area contributed by atoms with Gasteiger partial charge in [0.05, 0.1) is 10.6 Å². The van der Waals surface area contributed by atoms with Gasteiger partial charge < -0.3 is 4.98 Å². The Morgan fingerprint density at radius 2 is 1.94 bits per heavy atom. The predicted molar refractivity (Wildman–Crippen MR) is 62.2 cm³/mol. The summed E-state index contributed by atoms with van der Waals surface area (Å²) in [5.41, 5.74) is 1.95. The molecule has 0 aliphatic heterocycles. The molecule has 78 valence electrons. The molecule has 1 aromatic heterocycles. The minimum Gasteiger partial charge on any atom is -0.328 e. The van der Waals surface area contributed by atoms with Gasteiger partial charge in [0.2, 0.25) is 5.56 Å². The van der Waals surface area contributed by atoms with Crippen LogP contribution in [0.5, 0.6) is 0 Å². The van der Waals surface area contributed by atoms with E-state index in [9.17, 15) is 4.79 Å². The van der Waals surface area contributed by atoms with E-state index in [0.29, 0.717) is 10.6 Å². The Morgan fingerprint density at radius 1 is 1.19 bits per heavy atom. The zero-order valence-corrected chi connectivity index (χ0v) is 8.95. The Kier molecular flexibility index (Phi) is 2.76. The third kappa shape index (κ3) is 1.97. The van der Waals surface area contributed by atoms with Crippen LogP contribution in [0.3, 0.4) is 0 Å². The molecular weight excluding hydrogens is 224 g/mol. The van der Waals surface area contributed by atoms with E-state index >= 15 is 0 Å². The second-order valence-corrected chi connectivity index (χ2v) is 3.66. The zero-order valence-electron chi connectivity index (χ0n) is 8.20. The van der Waals surface area contributed by atoms with Crippen molar-refractivity contribution in [3.05, 3.63) is 57.5 Å². The van der Waals surface area contributed by atoms with Crippen molar-refractivity contribution in [2.75, 3.05) is 0 Å². The second kappa shape index (κ2) is 4.21. The third-order valence-electron chi connectivity index (χ3n) is 2.20. The molecule has 3 nitrogen and oxygen atoms in total. The molecule has 2 rings (SSSR count). The van der Waals surface area contributed by atoms with E-state index in [0.717, 1.165) is 11.1 Å². The van der Waals surface area contributed by atoms with Crippen molar-refractivity contribution >= 4 is 11.6 Å². The Bertz CT molecular complexity index is 605.